The Morgan fingerprint density at radius 3 is 2.33 bits per heavy atom. The molecule has 2 unspecified atom stereocenters. The smallest absolute Gasteiger partial charge is 0.252 e. The molecule has 39 heavy (non-hydrogen) atoms. The largest absolute Gasteiger partial charge is 0.491 e. The van der Waals surface area contributed by atoms with E-state index in [9.17, 15) is 14.0 Å². The van der Waals surface area contributed by atoms with Crippen LogP contribution in [0.1, 0.15) is 42.7 Å². The Morgan fingerprint density at radius 2 is 1.67 bits per heavy atom. The van der Waals surface area contributed by atoms with E-state index in [0.717, 1.165) is 30.4 Å². The number of fused-ring (bicyclic) bond motifs is 1. The standard InChI is InChI=1S/C31H32FN3O3S/c32-23-12-15-28-26(18-23)34(16-7-17-38-28)24-19-27(30(36)33-39-25-13-14-25)35(20-24)31(37)29(21-8-3-1-4-9-21)22-10-5-2-6-11-22/h1-6,8-12,15,18,24-25,27,29H,7,13-14,16-17,19-20H2,(H,33,36). The van der Waals surface area contributed by atoms with E-state index in [-0.39, 0.29) is 23.7 Å². The molecule has 2 amide bonds. The van der Waals surface area contributed by atoms with Crippen molar-refractivity contribution in [2.45, 2.75) is 48.9 Å². The van der Waals surface area contributed by atoms with Crippen molar-refractivity contribution in [2.24, 2.45) is 0 Å². The number of carbonyl (C=O) groups excluding carboxylic acids is 2. The summed E-state index contributed by atoms with van der Waals surface area (Å²) < 4.78 is 23.3. The summed E-state index contributed by atoms with van der Waals surface area (Å²) in [5.74, 6) is -0.478. The molecule has 1 N–H and O–H groups in total. The van der Waals surface area contributed by atoms with E-state index in [0.29, 0.717) is 42.8 Å². The molecular formula is C31H32FN3O3S. The first kappa shape index (κ1) is 25.7. The molecule has 3 aromatic rings. The third-order valence-electron chi connectivity index (χ3n) is 7.70. The number of benzene rings is 3. The van der Waals surface area contributed by atoms with Crippen LogP contribution in [0.3, 0.4) is 0 Å². The highest BCUT2D eigenvalue weighted by Crippen LogP contribution is 2.38. The van der Waals surface area contributed by atoms with Crippen LogP contribution in [-0.2, 0) is 9.59 Å². The lowest BCUT2D eigenvalue weighted by atomic mass is 9.90. The van der Waals surface area contributed by atoms with Gasteiger partial charge in [-0.3, -0.25) is 14.3 Å². The van der Waals surface area contributed by atoms with Crippen molar-refractivity contribution in [2.75, 3.05) is 24.6 Å². The third kappa shape index (κ3) is 5.62. The molecule has 8 heteroatoms. The maximum atomic E-state index is 14.4. The molecule has 3 aromatic carbocycles. The Balaban J connectivity index is 1.34. The van der Waals surface area contributed by atoms with Gasteiger partial charge in [-0.2, -0.15) is 0 Å². The lowest BCUT2D eigenvalue weighted by Crippen LogP contribution is -2.46. The van der Waals surface area contributed by atoms with Crippen molar-refractivity contribution in [3.8, 4) is 5.75 Å². The Kier molecular flexibility index (Phi) is 7.46. The number of hydrogen-bond acceptors (Lipinski definition) is 5. The van der Waals surface area contributed by atoms with Crippen LogP contribution in [-0.4, -0.2) is 53.7 Å². The number of likely N-dealkylation sites (tertiary alicyclic amines) is 1. The van der Waals surface area contributed by atoms with E-state index in [2.05, 4.69) is 9.62 Å². The van der Waals surface area contributed by atoms with E-state index < -0.39 is 12.0 Å². The molecule has 3 aliphatic rings. The van der Waals surface area contributed by atoms with Gasteiger partial charge in [-0.05, 0) is 60.9 Å². The predicted molar refractivity (Wildman–Crippen MR) is 151 cm³/mol. The highest BCUT2D eigenvalue weighted by molar-refractivity contribution is 7.98. The number of nitrogens with zero attached hydrogens (tertiary/aromatic N) is 2. The highest BCUT2D eigenvalue weighted by atomic mass is 32.2. The molecule has 6 nitrogen and oxygen atoms in total. The van der Waals surface area contributed by atoms with Gasteiger partial charge in [-0.15, -0.1) is 0 Å². The van der Waals surface area contributed by atoms with Crippen LogP contribution in [0.25, 0.3) is 0 Å². The number of rotatable bonds is 7. The predicted octanol–water partition coefficient (Wildman–Crippen LogP) is 5.14. The molecule has 2 fully saturated rings. The lowest BCUT2D eigenvalue weighted by Gasteiger charge is -2.31. The maximum absolute atomic E-state index is 14.4. The van der Waals surface area contributed by atoms with Gasteiger partial charge in [-0.1, -0.05) is 60.7 Å². The molecule has 202 valence electrons. The van der Waals surface area contributed by atoms with Crippen LogP contribution in [0, 0.1) is 5.82 Å². The number of hydrogen-bond donors (Lipinski definition) is 1. The van der Waals surface area contributed by atoms with Crippen molar-refractivity contribution >= 4 is 29.4 Å². The molecule has 1 saturated heterocycles. The minimum Gasteiger partial charge on any atom is -0.491 e. The molecular weight excluding hydrogens is 513 g/mol. The molecule has 1 saturated carbocycles. The second-order valence-corrected chi connectivity index (χ2v) is 11.5. The molecule has 2 heterocycles. The fourth-order valence-electron chi connectivity index (χ4n) is 5.62. The van der Waals surface area contributed by atoms with Gasteiger partial charge in [0.1, 0.15) is 17.6 Å². The summed E-state index contributed by atoms with van der Waals surface area (Å²) in [4.78, 5) is 31.9. The zero-order chi connectivity index (χ0) is 26.8. The molecule has 6 rings (SSSR count). The fourth-order valence-corrected chi connectivity index (χ4v) is 6.41. The SMILES string of the molecule is O=C(NSC1CC1)C1CC(N2CCCOc3ccc(F)cc32)CN1C(=O)C(c1ccccc1)c1ccccc1. The minimum atomic E-state index is -0.621. The van der Waals surface area contributed by atoms with Gasteiger partial charge in [0.2, 0.25) is 5.91 Å². The topological polar surface area (TPSA) is 61.9 Å². The lowest BCUT2D eigenvalue weighted by molar-refractivity contribution is -0.138. The molecule has 0 bridgehead atoms. The van der Waals surface area contributed by atoms with Crippen LogP contribution in [0.4, 0.5) is 10.1 Å². The molecule has 0 spiro atoms. The number of carbonyl (C=O) groups is 2. The van der Waals surface area contributed by atoms with Crippen molar-refractivity contribution in [1.82, 2.24) is 9.62 Å². The first-order valence-corrected chi connectivity index (χ1v) is 14.5. The van der Waals surface area contributed by atoms with Crippen LogP contribution in [0.2, 0.25) is 0 Å². The maximum Gasteiger partial charge on any atom is 0.252 e. The summed E-state index contributed by atoms with van der Waals surface area (Å²) in [6.45, 7) is 1.57. The van der Waals surface area contributed by atoms with Crippen LogP contribution in [0.15, 0.2) is 78.9 Å². The Bertz CT molecular complexity index is 1280. The van der Waals surface area contributed by atoms with Crippen molar-refractivity contribution < 1.29 is 18.7 Å². The van der Waals surface area contributed by atoms with Crippen LogP contribution in [0.5, 0.6) is 5.75 Å². The van der Waals surface area contributed by atoms with Gasteiger partial charge >= 0.3 is 0 Å². The first-order chi connectivity index (χ1) is 19.1. The van der Waals surface area contributed by atoms with Gasteiger partial charge in [0.05, 0.1) is 18.2 Å². The Labute approximate surface area is 232 Å². The highest BCUT2D eigenvalue weighted by Gasteiger charge is 2.45. The zero-order valence-corrected chi connectivity index (χ0v) is 22.5. The number of halogens is 1. The summed E-state index contributed by atoms with van der Waals surface area (Å²) in [5.41, 5.74) is 2.46. The van der Waals surface area contributed by atoms with E-state index in [1.54, 1.807) is 11.0 Å². The fraction of sp³-hybridized carbons (Fsp3) is 0.355. The average Bonchev–Trinajstić information content (AvgIpc) is 3.73. The zero-order valence-electron chi connectivity index (χ0n) is 21.7. The molecule has 0 aromatic heterocycles. The number of anilines is 1. The number of ether oxygens (including phenoxy) is 1. The van der Waals surface area contributed by atoms with Crippen molar-refractivity contribution in [3.05, 3.63) is 95.8 Å². The Hall–Kier alpha value is -3.52. The number of nitrogens with one attached hydrogen (secondary N) is 1. The second-order valence-electron chi connectivity index (χ2n) is 10.4. The van der Waals surface area contributed by atoms with Crippen molar-refractivity contribution in [1.29, 1.82) is 0 Å². The summed E-state index contributed by atoms with van der Waals surface area (Å²) in [6, 6.07) is 23.3. The van der Waals surface area contributed by atoms with Gasteiger partial charge in [0, 0.05) is 30.4 Å². The van der Waals surface area contributed by atoms with Crippen LogP contribution < -0.4 is 14.4 Å². The van der Waals surface area contributed by atoms with E-state index in [4.69, 9.17) is 4.74 Å². The van der Waals surface area contributed by atoms with E-state index in [1.807, 2.05) is 60.7 Å². The Morgan fingerprint density at radius 1 is 0.974 bits per heavy atom. The van der Waals surface area contributed by atoms with Gasteiger partial charge < -0.3 is 14.5 Å². The van der Waals surface area contributed by atoms with Gasteiger partial charge in [0.25, 0.3) is 5.91 Å². The van der Waals surface area contributed by atoms with Crippen molar-refractivity contribution in [3.63, 3.8) is 0 Å². The second kappa shape index (κ2) is 11.3. The average molecular weight is 546 g/mol. The molecule has 2 aliphatic heterocycles. The summed E-state index contributed by atoms with van der Waals surface area (Å²) in [5, 5.41) is 0.453. The summed E-state index contributed by atoms with van der Waals surface area (Å²) in [6.07, 6.45) is 3.43. The van der Waals surface area contributed by atoms with E-state index >= 15 is 0 Å². The molecule has 2 atom stereocenters. The molecule has 1 aliphatic carbocycles. The first-order valence-electron chi connectivity index (χ1n) is 13.6. The quantitative estimate of drug-likeness (QED) is 0.417. The molecule has 0 radical (unpaired) electrons. The van der Waals surface area contributed by atoms with Crippen LogP contribution >= 0.6 is 11.9 Å². The van der Waals surface area contributed by atoms with Gasteiger partial charge in [-0.25, -0.2) is 4.39 Å². The third-order valence-corrected chi connectivity index (χ3v) is 8.82. The number of amides is 2. The van der Waals surface area contributed by atoms with Gasteiger partial charge in [0.15, 0.2) is 0 Å². The normalized spacial score (nSPS) is 20.8. The summed E-state index contributed by atoms with van der Waals surface area (Å²) in [7, 11) is 0. The minimum absolute atomic E-state index is 0.1000. The monoisotopic (exact) mass is 545 g/mol. The summed E-state index contributed by atoms with van der Waals surface area (Å²) >= 11 is 1.46. The van der Waals surface area contributed by atoms with E-state index in [1.165, 1.54) is 24.1 Å².